The van der Waals surface area contributed by atoms with Gasteiger partial charge < -0.3 is 10.1 Å². The first-order valence-electron chi connectivity index (χ1n) is 5.08. The predicted octanol–water partition coefficient (Wildman–Crippen LogP) is 3.71. The lowest BCUT2D eigenvalue weighted by Gasteiger charge is -2.16. The summed E-state index contributed by atoms with van der Waals surface area (Å²) in [5.74, 6) is -0.574. The minimum absolute atomic E-state index is 0.0127. The number of methoxy groups -OCH3 is 1. The van der Waals surface area contributed by atoms with Crippen molar-refractivity contribution in [3.8, 4) is 0 Å². The molecule has 0 aromatic heterocycles. The third-order valence-corrected chi connectivity index (χ3v) is 3.15. The molecule has 0 bridgehead atoms. The van der Waals surface area contributed by atoms with E-state index in [1.165, 1.54) is 19.2 Å². The van der Waals surface area contributed by atoms with Gasteiger partial charge in [0.05, 0.1) is 12.7 Å². The zero-order valence-electron chi connectivity index (χ0n) is 9.72. The quantitative estimate of drug-likeness (QED) is 0.657. The molecule has 8 heteroatoms. The average Bonchev–Trinajstić information content (AvgIpc) is 2.34. The average molecular weight is 361 g/mol. The number of carbonyl (C=O) groups is 1. The van der Waals surface area contributed by atoms with E-state index in [0.29, 0.717) is 0 Å². The zero-order valence-corrected chi connectivity index (χ0v) is 12.1. The Morgan fingerprint density at radius 3 is 2.68 bits per heavy atom. The number of rotatable bonds is 4. The SMILES string of the molecule is COC(=O)C(Br)CNc1ccc(Cl)cc1C(F)(F)F. The van der Waals surface area contributed by atoms with Crippen molar-refractivity contribution in [2.24, 2.45) is 0 Å². The highest BCUT2D eigenvalue weighted by Crippen LogP contribution is 2.36. The molecule has 0 saturated carbocycles. The molecule has 1 unspecified atom stereocenters. The van der Waals surface area contributed by atoms with Crippen molar-refractivity contribution in [3.05, 3.63) is 28.8 Å². The molecule has 1 rings (SSSR count). The number of carbonyl (C=O) groups excluding carboxylic acids is 1. The lowest BCUT2D eigenvalue weighted by atomic mass is 10.1. The summed E-state index contributed by atoms with van der Waals surface area (Å²) in [7, 11) is 1.19. The van der Waals surface area contributed by atoms with Gasteiger partial charge in [0.25, 0.3) is 0 Å². The maximum absolute atomic E-state index is 12.8. The largest absolute Gasteiger partial charge is 0.468 e. The highest BCUT2D eigenvalue weighted by molar-refractivity contribution is 9.10. The molecule has 1 atom stereocenters. The molecule has 0 aliphatic carbocycles. The number of anilines is 1. The highest BCUT2D eigenvalue weighted by Gasteiger charge is 2.34. The first kappa shape index (κ1) is 16.1. The summed E-state index contributed by atoms with van der Waals surface area (Å²) in [5.41, 5.74) is -1.03. The normalized spacial score (nSPS) is 12.9. The second-order valence-corrected chi connectivity index (χ2v) is 5.10. The zero-order chi connectivity index (χ0) is 14.6. The lowest BCUT2D eigenvalue weighted by Crippen LogP contribution is -2.25. The number of hydrogen-bond donors (Lipinski definition) is 1. The maximum atomic E-state index is 12.8. The van der Waals surface area contributed by atoms with E-state index >= 15 is 0 Å². The van der Waals surface area contributed by atoms with Crippen LogP contribution in [0, 0.1) is 0 Å². The highest BCUT2D eigenvalue weighted by atomic mass is 79.9. The van der Waals surface area contributed by atoms with E-state index in [2.05, 4.69) is 26.0 Å². The van der Waals surface area contributed by atoms with Gasteiger partial charge in [0.1, 0.15) is 4.83 Å². The minimum atomic E-state index is -4.53. The van der Waals surface area contributed by atoms with Gasteiger partial charge in [0.15, 0.2) is 0 Å². The van der Waals surface area contributed by atoms with Gasteiger partial charge in [-0.15, -0.1) is 0 Å². The smallest absolute Gasteiger partial charge is 0.418 e. The first-order chi connectivity index (χ1) is 8.75. The molecule has 0 radical (unpaired) electrons. The number of hydrogen-bond acceptors (Lipinski definition) is 3. The van der Waals surface area contributed by atoms with Crippen molar-refractivity contribution in [3.63, 3.8) is 0 Å². The van der Waals surface area contributed by atoms with E-state index in [-0.39, 0.29) is 17.3 Å². The summed E-state index contributed by atoms with van der Waals surface area (Å²) < 4.78 is 42.8. The van der Waals surface area contributed by atoms with Crippen molar-refractivity contribution < 1.29 is 22.7 Å². The van der Waals surface area contributed by atoms with Crippen LogP contribution in [0.3, 0.4) is 0 Å². The molecular weight excluding hydrogens is 350 g/mol. The number of halogens is 5. The van der Waals surface area contributed by atoms with Crippen molar-refractivity contribution >= 4 is 39.2 Å². The molecule has 0 amide bonds. The second-order valence-electron chi connectivity index (χ2n) is 3.56. The van der Waals surface area contributed by atoms with Crippen LogP contribution in [0.4, 0.5) is 18.9 Å². The standard InChI is InChI=1S/C11H10BrClF3NO2/c1-19-10(18)8(12)5-17-9-3-2-6(13)4-7(9)11(14,15)16/h2-4,8,17H,5H2,1H3. The minimum Gasteiger partial charge on any atom is -0.468 e. The Labute approximate surface area is 121 Å². The lowest BCUT2D eigenvalue weighted by molar-refractivity contribution is -0.139. The fourth-order valence-electron chi connectivity index (χ4n) is 1.32. The van der Waals surface area contributed by atoms with Gasteiger partial charge in [-0.25, -0.2) is 0 Å². The number of alkyl halides is 4. The van der Waals surface area contributed by atoms with Gasteiger partial charge in [0, 0.05) is 17.3 Å². The summed E-state index contributed by atoms with van der Waals surface area (Å²) in [4.78, 5) is 10.4. The van der Waals surface area contributed by atoms with Gasteiger partial charge in [-0.1, -0.05) is 27.5 Å². The molecule has 0 fully saturated rings. The fourth-order valence-corrected chi connectivity index (χ4v) is 1.84. The maximum Gasteiger partial charge on any atom is 0.418 e. The molecule has 0 aliphatic heterocycles. The van der Waals surface area contributed by atoms with E-state index in [1.807, 2.05) is 0 Å². The van der Waals surface area contributed by atoms with Gasteiger partial charge in [-0.2, -0.15) is 13.2 Å². The number of benzene rings is 1. The summed E-state index contributed by atoms with van der Waals surface area (Å²) in [6.07, 6.45) is -4.53. The third-order valence-electron chi connectivity index (χ3n) is 2.22. The topological polar surface area (TPSA) is 38.3 Å². The summed E-state index contributed by atoms with van der Waals surface area (Å²) in [6, 6.07) is 3.37. The summed E-state index contributed by atoms with van der Waals surface area (Å²) >= 11 is 8.55. The molecule has 0 saturated heterocycles. The van der Waals surface area contributed by atoms with Crippen LogP contribution in [0.5, 0.6) is 0 Å². The van der Waals surface area contributed by atoms with Gasteiger partial charge in [-0.05, 0) is 18.2 Å². The van der Waals surface area contributed by atoms with Crippen LogP contribution in [0.15, 0.2) is 18.2 Å². The van der Waals surface area contributed by atoms with Crippen LogP contribution in [-0.4, -0.2) is 24.5 Å². The molecule has 1 aromatic rings. The number of nitrogens with one attached hydrogen (secondary N) is 1. The molecule has 106 valence electrons. The monoisotopic (exact) mass is 359 g/mol. The molecule has 0 spiro atoms. The Kier molecular flexibility index (Phi) is 5.49. The summed E-state index contributed by atoms with van der Waals surface area (Å²) in [5, 5.41) is 2.52. The van der Waals surface area contributed by atoms with Crippen molar-refractivity contribution in [2.75, 3.05) is 19.0 Å². The van der Waals surface area contributed by atoms with Crippen LogP contribution in [0.25, 0.3) is 0 Å². The van der Waals surface area contributed by atoms with Gasteiger partial charge in [0.2, 0.25) is 0 Å². The molecule has 1 aromatic carbocycles. The van der Waals surface area contributed by atoms with E-state index in [1.54, 1.807) is 0 Å². The first-order valence-corrected chi connectivity index (χ1v) is 6.37. The summed E-state index contributed by atoms with van der Waals surface area (Å²) in [6.45, 7) is -0.0443. The molecule has 0 aliphatic rings. The molecule has 19 heavy (non-hydrogen) atoms. The van der Waals surface area contributed by atoms with E-state index in [0.717, 1.165) is 6.07 Å². The predicted molar refractivity (Wildman–Crippen MR) is 69.7 cm³/mol. The molecular formula is C11H10BrClF3NO2. The van der Waals surface area contributed by atoms with Gasteiger partial charge in [-0.3, -0.25) is 4.79 Å². The van der Waals surface area contributed by atoms with Crippen LogP contribution in [0.2, 0.25) is 5.02 Å². The van der Waals surface area contributed by atoms with Crippen LogP contribution < -0.4 is 5.32 Å². The molecule has 1 N–H and O–H groups in total. The Morgan fingerprint density at radius 2 is 2.16 bits per heavy atom. The molecule has 0 heterocycles. The Hall–Kier alpha value is -0.950. The van der Waals surface area contributed by atoms with E-state index in [9.17, 15) is 18.0 Å². The van der Waals surface area contributed by atoms with Crippen LogP contribution in [0.1, 0.15) is 5.56 Å². The van der Waals surface area contributed by atoms with Gasteiger partial charge >= 0.3 is 12.1 Å². The Morgan fingerprint density at radius 1 is 1.53 bits per heavy atom. The van der Waals surface area contributed by atoms with E-state index in [4.69, 9.17) is 11.6 Å². The van der Waals surface area contributed by atoms with Crippen LogP contribution >= 0.6 is 27.5 Å². The Bertz CT molecular complexity index is 468. The second kappa shape index (κ2) is 6.47. The van der Waals surface area contributed by atoms with Crippen molar-refractivity contribution in [1.29, 1.82) is 0 Å². The fraction of sp³-hybridized carbons (Fsp3) is 0.364. The number of esters is 1. The third kappa shape index (κ3) is 4.58. The van der Waals surface area contributed by atoms with Crippen LogP contribution in [-0.2, 0) is 15.7 Å². The van der Waals surface area contributed by atoms with E-state index < -0.39 is 22.5 Å². The Balaban J connectivity index is 2.87. The molecule has 3 nitrogen and oxygen atoms in total. The van der Waals surface area contributed by atoms with Crippen molar-refractivity contribution in [1.82, 2.24) is 0 Å². The number of ether oxygens (including phenoxy) is 1. The van der Waals surface area contributed by atoms with Crippen molar-refractivity contribution in [2.45, 2.75) is 11.0 Å².